The summed E-state index contributed by atoms with van der Waals surface area (Å²) in [6.07, 6.45) is 1.59. The van der Waals surface area contributed by atoms with Crippen molar-refractivity contribution in [2.75, 3.05) is 0 Å². The van der Waals surface area contributed by atoms with Crippen molar-refractivity contribution in [3.8, 4) is 0 Å². The summed E-state index contributed by atoms with van der Waals surface area (Å²) in [6.45, 7) is 0. The summed E-state index contributed by atoms with van der Waals surface area (Å²) in [5.74, 6) is 0. The lowest BCUT2D eigenvalue weighted by molar-refractivity contribution is 1.17. The Morgan fingerprint density at radius 3 is 3.17 bits per heavy atom. The second-order valence-electron chi connectivity index (χ2n) is 2.42. The van der Waals surface area contributed by atoms with Crippen LogP contribution in [0, 0.1) is 0 Å². The molecule has 4 heteroatoms. The summed E-state index contributed by atoms with van der Waals surface area (Å²) in [6, 6.07) is 4.98. The zero-order chi connectivity index (χ0) is 8.55. The maximum absolute atomic E-state index is 11.3. The number of thiol groups is 1. The summed E-state index contributed by atoms with van der Waals surface area (Å²) < 4.78 is 0. The van der Waals surface area contributed by atoms with Crippen LogP contribution in [0.1, 0.15) is 0 Å². The second kappa shape index (κ2) is 2.64. The monoisotopic (exact) mass is 178 g/mol. The van der Waals surface area contributed by atoms with E-state index in [-0.39, 0.29) is 5.43 Å². The van der Waals surface area contributed by atoms with Gasteiger partial charge in [-0.2, -0.15) is 0 Å². The molecule has 12 heavy (non-hydrogen) atoms. The summed E-state index contributed by atoms with van der Waals surface area (Å²) >= 11 is 4.05. The third-order valence-corrected chi connectivity index (χ3v) is 1.81. The van der Waals surface area contributed by atoms with Crippen LogP contribution in [0.5, 0.6) is 0 Å². The van der Waals surface area contributed by atoms with Crippen LogP contribution in [0.3, 0.4) is 0 Å². The first-order valence-corrected chi connectivity index (χ1v) is 3.89. The normalized spacial score (nSPS) is 10.4. The van der Waals surface area contributed by atoms with Gasteiger partial charge in [0.1, 0.15) is 5.52 Å². The number of rotatable bonds is 0. The van der Waals surface area contributed by atoms with E-state index in [1.165, 1.54) is 6.07 Å². The molecule has 2 rings (SSSR count). The van der Waals surface area contributed by atoms with Gasteiger partial charge >= 0.3 is 0 Å². The highest BCUT2D eigenvalue weighted by Crippen LogP contribution is 2.05. The molecule has 0 spiro atoms. The van der Waals surface area contributed by atoms with Crippen molar-refractivity contribution in [1.29, 1.82) is 0 Å². The molecule has 0 saturated heterocycles. The molecule has 0 amide bonds. The molecule has 0 fully saturated rings. The maximum Gasteiger partial charge on any atom is 0.208 e. The van der Waals surface area contributed by atoms with Crippen LogP contribution in [0.2, 0.25) is 0 Å². The van der Waals surface area contributed by atoms with Gasteiger partial charge in [-0.15, -0.1) is 12.6 Å². The number of nitrogens with zero attached hydrogens (tertiary/aromatic N) is 1. The fraction of sp³-hybridized carbons (Fsp3) is 0. The zero-order valence-electron chi connectivity index (χ0n) is 6.11. The van der Waals surface area contributed by atoms with Gasteiger partial charge in [0, 0.05) is 12.3 Å². The van der Waals surface area contributed by atoms with E-state index in [0.29, 0.717) is 10.5 Å². The smallest absolute Gasteiger partial charge is 0.208 e. The van der Waals surface area contributed by atoms with Crippen molar-refractivity contribution in [2.45, 2.75) is 5.03 Å². The van der Waals surface area contributed by atoms with Crippen LogP contribution in [-0.2, 0) is 0 Å². The Bertz CT molecular complexity index is 478. The molecule has 60 valence electrons. The minimum Gasteiger partial charge on any atom is -0.348 e. The standard InChI is InChI=1S/C8H6N2OS/c11-6-4-7(12)10-5-2-1-3-9-8(5)6/h1-4H,(H2,10,11,12). The van der Waals surface area contributed by atoms with E-state index >= 15 is 0 Å². The molecule has 0 atom stereocenters. The van der Waals surface area contributed by atoms with Gasteiger partial charge in [0.2, 0.25) is 5.43 Å². The average Bonchev–Trinajstić information content (AvgIpc) is 2.04. The molecule has 0 aliphatic rings. The van der Waals surface area contributed by atoms with Gasteiger partial charge in [-0.05, 0) is 12.1 Å². The van der Waals surface area contributed by atoms with E-state index in [2.05, 4.69) is 22.6 Å². The highest BCUT2D eigenvalue weighted by atomic mass is 32.1. The number of fused-ring (bicyclic) bond motifs is 1. The first-order chi connectivity index (χ1) is 5.77. The number of H-pyrrole nitrogens is 1. The minimum atomic E-state index is -0.102. The Balaban J connectivity index is 2.99. The molecule has 3 nitrogen and oxygen atoms in total. The zero-order valence-corrected chi connectivity index (χ0v) is 7.01. The fourth-order valence-electron chi connectivity index (χ4n) is 1.07. The third-order valence-electron chi connectivity index (χ3n) is 1.57. The predicted molar refractivity (Wildman–Crippen MR) is 49.6 cm³/mol. The van der Waals surface area contributed by atoms with E-state index in [1.54, 1.807) is 18.3 Å². The van der Waals surface area contributed by atoms with E-state index in [4.69, 9.17) is 0 Å². The van der Waals surface area contributed by atoms with Gasteiger partial charge in [-0.1, -0.05) is 0 Å². The topological polar surface area (TPSA) is 45.8 Å². The first-order valence-electron chi connectivity index (χ1n) is 3.44. The molecular weight excluding hydrogens is 172 g/mol. The highest BCUT2D eigenvalue weighted by molar-refractivity contribution is 7.80. The summed E-state index contributed by atoms with van der Waals surface area (Å²) in [5, 5.41) is 0.556. The van der Waals surface area contributed by atoms with Gasteiger partial charge in [0.25, 0.3) is 0 Å². The molecule has 0 unspecified atom stereocenters. The highest BCUT2D eigenvalue weighted by Gasteiger charge is 1.98. The van der Waals surface area contributed by atoms with Crippen LogP contribution >= 0.6 is 12.6 Å². The Labute approximate surface area is 73.9 Å². The fourth-order valence-corrected chi connectivity index (χ4v) is 1.31. The first kappa shape index (κ1) is 7.36. The molecule has 2 aromatic rings. The summed E-state index contributed by atoms with van der Waals surface area (Å²) in [7, 11) is 0. The minimum absolute atomic E-state index is 0.102. The summed E-state index contributed by atoms with van der Waals surface area (Å²) in [5.41, 5.74) is 1.07. The number of hydrogen-bond donors (Lipinski definition) is 2. The maximum atomic E-state index is 11.3. The van der Waals surface area contributed by atoms with Gasteiger partial charge in [-0.3, -0.25) is 9.78 Å². The van der Waals surface area contributed by atoms with E-state index in [1.807, 2.05) is 0 Å². The van der Waals surface area contributed by atoms with Crippen LogP contribution in [0.25, 0.3) is 11.0 Å². The van der Waals surface area contributed by atoms with Crippen molar-refractivity contribution in [2.24, 2.45) is 0 Å². The molecule has 0 saturated carbocycles. The lowest BCUT2D eigenvalue weighted by atomic mass is 10.3. The Morgan fingerprint density at radius 1 is 1.50 bits per heavy atom. The van der Waals surface area contributed by atoms with Gasteiger partial charge < -0.3 is 4.98 Å². The lowest BCUT2D eigenvalue weighted by Crippen LogP contribution is -2.03. The average molecular weight is 178 g/mol. The predicted octanol–water partition coefficient (Wildman–Crippen LogP) is 1.21. The van der Waals surface area contributed by atoms with Gasteiger partial charge in [0.15, 0.2) is 0 Å². The van der Waals surface area contributed by atoms with E-state index < -0.39 is 0 Å². The Kier molecular flexibility index (Phi) is 1.62. The third kappa shape index (κ3) is 1.10. The SMILES string of the molecule is O=c1cc(S)[nH]c2cccnc12. The molecule has 1 N–H and O–H groups in total. The molecule has 0 radical (unpaired) electrons. The lowest BCUT2D eigenvalue weighted by Gasteiger charge is -1.96. The largest absolute Gasteiger partial charge is 0.348 e. The van der Waals surface area contributed by atoms with Gasteiger partial charge in [-0.25, -0.2) is 0 Å². The second-order valence-corrected chi connectivity index (χ2v) is 2.90. The molecule has 0 aromatic carbocycles. The molecular formula is C8H6N2OS. The van der Waals surface area contributed by atoms with E-state index in [9.17, 15) is 4.79 Å². The number of aromatic amines is 1. The van der Waals surface area contributed by atoms with Crippen LogP contribution in [-0.4, -0.2) is 9.97 Å². The van der Waals surface area contributed by atoms with Crippen molar-refractivity contribution in [1.82, 2.24) is 9.97 Å². The van der Waals surface area contributed by atoms with Crippen molar-refractivity contribution < 1.29 is 0 Å². The number of pyridine rings is 2. The summed E-state index contributed by atoms with van der Waals surface area (Å²) in [4.78, 5) is 18.1. The van der Waals surface area contributed by atoms with Crippen molar-refractivity contribution in [3.05, 3.63) is 34.6 Å². The molecule has 2 aromatic heterocycles. The van der Waals surface area contributed by atoms with Crippen LogP contribution in [0.15, 0.2) is 34.2 Å². The molecule has 0 bridgehead atoms. The number of hydrogen-bond acceptors (Lipinski definition) is 3. The number of aromatic nitrogens is 2. The van der Waals surface area contributed by atoms with Crippen molar-refractivity contribution in [3.63, 3.8) is 0 Å². The van der Waals surface area contributed by atoms with E-state index in [0.717, 1.165) is 5.52 Å². The number of nitrogens with one attached hydrogen (secondary N) is 1. The van der Waals surface area contributed by atoms with Gasteiger partial charge in [0.05, 0.1) is 10.5 Å². The molecule has 0 aliphatic carbocycles. The van der Waals surface area contributed by atoms with Crippen molar-refractivity contribution >= 4 is 23.7 Å². The van der Waals surface area contributed by atoms with Crippen LogP contribution in [0.4, 0.5) is 0 Å². The molecule has 0 aliphatic heterocycles. The molecule has 2 heterocycles. The quantitative estimate of drug-likeness (QED) is 0.596. The Hall–Kier alpha value is -1.29. The Morgan fingerprint density at radius 2 is 2.33 bits per heavy atom. The van der Waals surface area contributed by atoms with Crippen LogP contribution < -0.4 is 5.43 Å².